The smallest absolute Gasteiger partial charge is 0.322 e. The zero-order valence-corrected chi connectivity index (χ0v) is 12.2. The van der Waals surface area contributed by atoms with Gasteiger partial charge in [0.05, 0.1) is 6.26 Å². The molecule has 0 saturated carbocycles. The number of hydrogen-bond donors (Lipinski definition) is 2. The number of likely N-dealkylation sites (tertiary alicyclic amines) is 1. The number of anilines is 1. The Balaban J connectivity index is 1.61. The maximum atomic E-state index is 12.4. The molecule has 22 heavy (non-hydrogen) atoms. The predicted octanol–water partition coefficient (Wildman–Crippen LogP) is 2.79. The summed E-state index contributed by atoms with van der Waals surface area (Å²) in [5.74, 6) is 0.543. The van der Waals surface area contributed by atoms with Gasteiger partial charge in [-0.2, -0.15) is 0 Å². The fourth-order valence-electron chi connectivity index (χ4n) is 2.83. The maximum absolute atomic E-state index is 12.4. The molecule has 2 N–H and O–H groups in total. The van der Waals surface area contributed by atoms with Gasteiger partial charge in [0.1, 0.15) is 11.9 Å². The molecular formula is C16H19N3O3. The number of aliphatic hydroxyl groups excluding tert-OH is 1. The van der Waals surface area contributed by atoms with E-state index in [1.54, 1.807) is 47.8 Å². The molecule has 1 aliphatic rings. The minimum atomic E-state index is -0.686. The summed E-state index contributed by atoms with van der Waals surface area (Å²) >= 11 is 0. The van der Waals surface area contributed by atoms with Gasteiger partial charge >= 0.3 is 6.03 Å². The third-order valence-corrected chi connectivity index (χ3v) is 3.94. The lowest BCUT2D eigenvalue weighted by atomic mass is 10.1. The van der Waals surface area contributed by atoms with Crippen molar-refractivity contribution in [3.05, 3.63) is 48.7 Å². The Morgan fingerprint density at radius 3 is 3.00 bits per heavy atom. The molecule has 2 amide bonds. The van der Waals surface area contributed by atoms with Crippen LogP contribution >= 0.6 is 0 Å². The number of aliphatic hydroxyl groups is 1. The third kappa shape index (κ3) is 3.28. The number of aromatic nitrogens is 1. The van der Waals surface area contributed by atoms with Crippen molar-refractivity contribution in [1.29, 1.82) is 0 Å². The van der Waals surface area contributed by atoms with Gasteiger partial charge in [-0.05, 0) is 37.1 Å². The number of furan rings is 1. The van der Waals surface area contributed by atoms with Crippen LogP contribution in [0, 0.1) is 0 Å². The van der Waals surface area contributed by atoms with E-state index in [4.69, 9.17) is 4.42 Å². The van der Waals surface area contributed by atoms with Crippen LogP contribution in [0.25, 0.3) is 0 Å². The second kappa shape index (κ2) is 6.62. The number of urea groups is 1. The van der Waals surface area contributed by atoms with E-state index in [1.165, 1.54) is 0 Å². The summed E-state index contributed by atoms with van der Waals surface area (Å²) in [7, 11) is 0. The van der Waals surface area contributed by atoms with Crippen LogP contribution < -0.4 is 5.32 Å². The summed E-state index contributed by atoms with van der Waals surface area (Å²) in [5.41, 5.74) is 0.720. The van der Waals surface area contributed by atoms with Gasteiger partial charge in [0.15, 0.2) is 0 Å². The van der Waals surface area contributed by atoms with E-state index in [9.17, 15) is 9.90 Å². The normalized spacial score (nSPS) is 19.1. The first-order valence-electron chi connectivity index (χ1n) is 7.43. The zero-order chi connectivity index (χ0) is 15.4. The number of hydrogen-bond acceptors (Lipinski definition) is 4. The largest absolute Gasteiger partial charge is 0.467 e. The lowest BCUT2D eigenvalue weighted by Crippen LogP contribution is -2.39. The number of nitrogens with one attached hydrogen (secondary N) is 1. The van der Waals surface area contributed by atoms with Crippen molar-refractivity contribution in [3.63, 3.8) is 0 Å². The second-order valence-electron chi connectivity index (χ2n) is 5.42. The summed E-state index contributed by atoms with van der Waals surface area (Å²) in [6.07, 6.45) is 6.45. The molecule has 2 atom stereocenters. The standard InChI is InChI=1S/C16H19N3O3/c20-14(15-4-2-10-22-15)11-13-3-1-9-19(13)16(21)18-12-5-7-17-8-6-12/h2,4-8,10,13-14,20H,1,3,9,11H2,(H,17,18,21). The van der Waals surface area contributed by atoms with Gasteiger partial charge in [0, 0.05) is 37.1 Å². The molecule has 6 heteroatoms. The van der Waals surface area contributed by atoms with Crippen molar-refractivity contribution in [1.82, 2.24) is 9.88 Å². The number of rotatable bonds is 4. The molecule has 0 radical (unpaired) electrons. The summed E-state index contributed by atoms with van der Waals surface area (Å²) in [6, 6.07) is 6.88. The average molecular weight is 301 g/mol. The highest BCUT2D eigenvalue weighted by Gasteiger charge is 2.31. The van der Waals surface area contributed by atoms with Crippen LogP contribution in [0.2, 0.25) is 0 Å². The Kier molecular flexibility index (Phi) is 4.39. The Labute approximate surface area is 128 Å². The molecule has 0 aliphatic carbocycles. The first-order valence-corrected chi connectivity index (χ1v) is 7.43. The predicted molar refractivity (Wildman–Crippen MR) is 81.3 cm³/mol. The summed E-state index contributed by atoms with van der Waals surface area (Å²) in [4.78, 5) is 18.1. The van der Waals surface area contributed by atoms with Gasteiger partial charge in [-0.1, -0.05) is 0 Å². The summed E-state index contributed by atoms with van der Waals surface area (Å²) in [6.45, 7) is 0.701. The van der Waals surface area contributed by atoms with Crippen molar-refractivity contribution < 1.29 is 14.3 Å². The van der Waals surface area contributed by atoms with Crippen LogP contribution in [0.3, 0.4) is 0 Å². The Bertz CT molecular complexity index is 600. The van der Waals surface area contributed by atoms with E-state index in [-0.39, 0.29) is 12.1 Å². The van der Waals surface area contributed by atoms with Crippen LogP contribution in [-0.4, -0.2) is 33.6 Å². The molecule has 2 aromatic heterocycles. The minimum absolute atomic E-state index is 0.0157. The fourth-order valence-corrected chi connectivity index (χ4v) is 2.83. The Morgan fingerprint density at radius 2 is 2.27 bits per heavy atom. The van der Waals surface area contributed by atoms with E-state index < -0.39 is 6.10 Å². The average Bonchev–Trinajstić information content (AvgIpc) is 3.19. The molecule has 6 nitrogen and oxygen atoms in total. The molecule has 0 aromatic carbocycles. The third-order valence-electron chi connectivity index (χ3n) is 3.94. The Morgan fingerprint density at radius 1 is 1.45 bits per heavy atom. The molecule has 1 aliphatic heterocycles. The van der Waals surface area contributed by atoms with E-state index >= 15 is 0 Å². The number of carbonyl (C=O) groups is 1. The molecule has 0 bridgehead atoms. The SMILES string of the molecule is O=C(Nc1ccncc1)N1CCCC1CC(O)c1ccco1. The van der Waals surface area contributed by atoms with Crippen LogP contribution in [0.1, 0.15) is 31.1 Å². The highest BCUT2D eigenvalue weighted by molar-refractivity contribution is 5.89. The van der Waals surface area contributed by atoms with Gasteiger partial charge in [0.25, 0.3) is 0 Å². The highest BCUT2D eigenvalue weighted by Crippen LogP contribution is 2.28. The summed E-state index contributed by atoms with van der Waals surface area (Å²) in [5, 5.41) is 13.1. The monoisotopic (exact) mass is 301 g/mol. The highest BCUT2D eigenvalue weighted by atomic mass is 16.4. The first kappa shape index (κ1) is 14.6. The van der Waals surface area contributed by atoms with E-state index in [1.807, 2.05) is 0 Å². The van der Waals surface area contributed by atoms with Crippen molar-refractivity contribution in [2.24, 2.45) is 0 Å². The van der Waals surface area contributed by atoms with Crippen LogP contribution in [0.4, 0.5) is 10.5 Å². The number of nitrogens with zero attached hydrogens (tertiary/aromatic N) is 2. The molecule has 116 valence electrons. The summed E-state index contributed by atoms with van der Waals surface area (Å²) < 4.78 is 5.22. The Hall–Kier alpha value is -2.34. The van der Waals surface area contributed by atoms with E-state index in [0.717, 1.165) is 18.5 Å². The maximum Gasteiger partial charge on any atom is 0.322 e. The molecule has 1 saturated heterocycles. The van der Waals surface area contributed by atoms with Crippen molar-refractivity contribution in [3.8, 4) is 0 Å². The molecule has 0 spiro atoms. The lowest BCUT2D eigenvalue weighted by Gasteiger charge is -2.26. The quantitative estimate of drug-likeness (QED) is 0.910. The molecule has 3 heterocycles. The zero-order valence-electron chi connectivity index (χ0n) is 12.2. The lowest BCUT2D eigenvalue weighted by molar-refractivity contribution is 0.110. The molecule has 2 unspecified atom stereocenters. The van der Waals surface area contributed by atoms with Crippen molar-refractivity contribution in [2.75, 3.05) is 11.9 Å². The first-order chi connectivity index (χ1) is 10.7. The van der Waals surface area contributed by atoms with Crippen molar-refractivity contribution >= 4 is 11.7 Å². The number of carbonyl (C=O) groups excluding carboxylic acids is 1. The topological polar surface area (TPSA) is 78.6 Å². The van der Waals surface area contributed by atoms with Gasteiger partial charge in [0.2, 0.25) is 0 Å². The molecule has 2 aromatic rings. The van der Waals surface area contributed by atoms with E-state index in [2.05, 4.69) is 10.3 Å². The van der Waals surface area contributed by atoms with Gasteiger partial charge in [-0.15, -0.1) is 0 Å². The molecular weight excluding hydrogens is 282 g/mol. The van der Waals surface area contributed by atoms with Crippen LogP contribution in [-0.2, 0) is 0 Å². The van der Waals surface area contributed by atoms with Crippen LogP contribution in [0.15, 0.2) is 47.3 Å². The minimum Gasteiger partial charge on any atom is -0.467 e. The van der Waals surface area contributed by atoms with Gasteiger partial charge < -0.3 is 19.7 Å². The number of amides is 2. The van der Waals surface area contributed by atoms with Crippen molar-refractivity contribution in [2.45, 2.75) is 31.4 Å². The molecule has 3 rings (SSSR count). The van der Waals surface area contributed by atoms with Crippen LogP contribution in [0.5, 0.6) is 0 Å². The van der Waals surface area contributed by atoms with Gasteiger partial charge in [-0.25, -0.2) is 4.79 Å². The fraction of sp³-hybridized carbons (Fsp3) is 0.375. The van der Waals surface area contributed by atoms with Gasteiger partial charge in [-0.3, -0.25) is 4.98 Å². The molecule has 1 fully saturated rings. The second-order valence-corrected chi connectivity index (χ2v) is 5.42. The van der Waals surface area contributed by atoms with E-state index in [0.29, 0.717) is 18.7 Å². The number of pyridine rings is 1.